The van der Waals surface area contributed by atoms with Crippen LogP contribution < -0.4 is 5.32 Å². The van der Waals surface area contributed by atoms with Crippen molar-refractivity contribution in [3.05, 3.63) is 47.3 Å². The van der Waals surface area contributed by atoms with Crippen molar-refractivity contribution in [2.24, 2.45) is 0 Å². The molecule has 1 saturated heterocycles. The maximum atomic E-state index is 10.5. The van der Waals surface area contributed by atoms with Gasteiger partial charge in [0.1, 0.15) is 11.4 Å². The normalized spacial score (nSPS) is 16.0. The van der Waals surface area contributed by atoms with E-state index in [1.54, 1.807) is 12.1 Å². The van der Waals surface area contributed by atoms with Crippen molar-refractivity contribution in [2.45, 2.75) is 26.2 Å². The average molecular weight is 428 g/mol. The largest absolute Gasteiger partial charge is 0.506 e. The smallest absolute Gasteiger partial charge is 0.204 e. The number of nitrogens with one attached hydrogen (secondary N) is 1. The SMILES string of the molecule is Cc1ccc(O)c(Cn2c(NC[C@H](O)CN3CCOCC3)nc3ccc(CO)cc32)n1. The molecule has 1 aromatic carbocycles. The lowest BCUT2D eigenvalue weighted by Crippen LogP contribution is -2.42. The molecule has 1 aliphatic heterocycles. The zero-order valence-electron chi connectivity index (χ0n) is 17.7. The van der Waals surface area contributed by atoms with Crippen molar-refractivity contribution >= 4 is 17.0 Å². The number of nitrogens with zero attached hydrogens (tertiary/aromatic N) is 4. The Labute approximate surface area is 180 Å². The first-order valence-electron chi connectivity index (χ1n) is 10.5. The van der Waals surface area contributed by atoms with Crippen LogP contribution in [-0.2, 0) is 17.9 Å². The Kier molecular flexibility index (Phi) is 6.67. The number of aromatic hydroxyl groups is 1. The average Bonchev–Trinajstić information content (AvgIpc) is 3.12. The molecule has 1 fully saturated rings. The van der Waals surface area contributed by atoms with E-state index in [0.29, 0.717) is 44.5 Å². The molecule has 4 rings (SSSR count). The molecule has 2 aromatic heterocycles. The van der Waals surface area contributed by atoms with E-state index in [9.17, 15) is 15.3 Å². The molecule has 3 aromatic rings. The number of morpholine rings is 1. The molecule has 31 heavy (non-hydrogen) atoms. The lowest BCUT2D eigenvalue weighted by Gasteiger charge is -2.28. The van der Waals surface area contributed by atoms with Crippen LogP contribution in [0.1, 0.15) is 17.0 Å². The molecular weight excluding hydrogens is 398 g/mol. The van der Waals surface area contributed by atoms with Gasteiger partial charge in [-0.15, -0.1) is 0 Å². The van der Waals surface area contributed by atoms with Gasteiger partial charge in [-0.05, 0) is 36.8 Å². The summed E-state index contributed by atoms with van der Waals surface area (Å²) in [7, 11) is 0. The standard InChI is InChI=1S/C22H29N5O4/c1-15-2-5-21(30)19(24-15)13-27-20-10-16(14-28)3-4-18(20)25-22(27)23-11-17(29)12-26-6-8-31-9-7-26/h2-5,10,17,28-30H,6-9,11-14H2,1H3,(H,23,25)/t17-/m0/s1. The molecule has 9 nitrogen and oxygen atoms in total. The molecule has 0 spiro atoms. The van der Waals surface area contributed by atoms with Crippen LogP contribution in [0.3, 0.4) is 0 Å². The maximum Gasteiger partial charge on any atom is 0.204 e. The molecular formula is C22H29N5O4. The van der Waals surface area contributed by atoms with E-state index in [1.165, 1.54) is 0 Å². The van der Waals surface area contributed by atoms with Crippen LogP contribution in [0.2, 0.25) is 0 Å². The summed E-state index contributed by atoms with van der Waals surface area (Å²) in [5.41, 5.74) is 3.69. The van der Waals surface area contributed by atoms with Crippen molar-refractivity contribution in [3.63, 3.8) is 0 Å². The second kappa shape index (κ2) is 9.61. The summed E-state index contributed by atoms with van der Waals surface area (Å²) in [4.78, 5) is 11.3. The number of aryl methyl sites for hydroxylation is 1. The Hall–Kier alpha value is -2.72. The highest BCUT2D eigenvalue weighted by molar-refractivity contribution is 5.79. The van der Waals surface area contributed by atoms with Crippen LogP contribution in [0.5, 0.6) is 5.75 Å². The number of aliphatic hydroxyl groups is 2. The van der Waals surface area contributed by atoms with Gasteiger partial charge in [0.25, 0.3) is 0 Å². The number of ether oxygens (including phenoxy) is 1. The number of hydrogen-bond donors (Lipinski definition) is 4. The Morgan fingerprint density at radius 3 is 2.74 bits per heavy atom. The van der Waals surface area contributed by atoms with Crippen LogP contribution >= 0.6 is 0 Å². The lowest BCUT2D eigenvalue weighted by atomic mass is 10.2. The van der Waals surface area contributed by atoms with Crippen molar-refractivity contribution in [1.82, 2.24) is 19.4 Å². The molecule has 0 bridgehead atoms. The van der Waals surface area contributed by atoms with E-state index >= 15 is 0 Å². The van der Waals surface area contributed by atoms with E-state index in [1.807, 2.05) is 29.7 Å². The minimum atomic E-state index is -0.565. The van der Waals surface area contributed by atoms with Crippen LogP contribution in [0.15, 0.2) is 30.3 Å². The molecule has 1 atom stereocenters. The Balaban J connectivity index is 1.57. The van der Waals surface area contributed by atoms with Crippen LogP contribution in [0, 0.1) is 6.92 Å². The summed E-state index contributed by atoms with van der Waals surface area (Å²) >= 11 is 0. The summed E-state index contributed by atoms with van der Waals surface area (Å²) in [6.07, 6.45) is -0.565. The third-order valence-electron chi connectivity index (χ3n) is 5.46. The predicted octanol–water partition coefficient (Wildman–Crippen LogP) is 1.09. The Bertz CT molecular complexity index is 1030. The van der Waals surface area contributed by atoms with Crippen LogP contribution in [0.25, 0.3) is 11.0 Å². The number of benzene rings is 1. The molecule has 4 N–H and O–H groups in total. The monoisotopic (exact) mass is 427 g/mol. The third-order valence-corrected chi connectivity index (χ3v) is 5.46. The lowest BCUT2D eigenvalue weighted by molar-refractivity contribution is 0.0171. The van der Waals surface area contributed by atoms with Crippen LogP contribution in [-0.4, -0.2) is 80.3 Å². The van der Waals surface area contributed by atoms with Gasteiger partial charge in [-0.2, -0.15) is 0 Å². The van der Waals surface area contributed by atoms with Gasteiger partial charge >= 0.3 is 0 Å². The molecule has 1 aliphatic rings. The fourth-order valence-corrected chi connectivity index (χ4v) is 3.79. The van der Waals surface area contributed by atoms with E-state index in [4.69, 9.17) is 4.74 Å². The summed E-state index contributed by atoms with van der Waals surface area (Å²) in [5.74, 6) is 0.692. The summed E-state index contributed by atoms with van der Waals surface area (Å²) in [6, 6.07) is 8.96. The number of hydrogen-bond acceptors (Lipinski definition) is 8. The van der Waals surface area contributed by atoms with Gasteiger partial charge in [-0.3, -0.25) is 9.88 Å². The fourth-order valence-electron chi connectivity index (χ4n) is 3.79. The number of aromatic nitrogens is 3. The number of pyridine rings is 1. The van der Waals surface area contributed by atoms with Gasteiger partial charge in [0, 0.05) is 31.9 Å². The third kappa shape index (κ3) is 5.13. The zero-order valence-corrected chi connectivity index (χ0v) is 17.7. The first-order valence-corrected chi connectivity index (χ1v) is 10.5. The van der Waals surface area contributed by atoms with E-state index in [2.05, 4.69) is 20.2 Å². The molecule has 9 heteroatoms. The quantitative estimate of drug-likeness (QED) is 0.422. The number of rotatable bonds is 8. The molecule has 3 heterocycles. The highest BCUT2D eigenvalue weighted by Crippen LogP contribution is 2.25. The Morgan fingerprint density at radius 1 is 1.16 bits per heavy atom. The summed E-state index contributed by atoms with van der Waals surface area (Å²) in [5, 5.41) is 33.6. The molecule has 0 radical (unpaired) electrons. The molecule has 0 aliphatic carbocycles. The van der Waals surface area contributed by atoms with Gasteiger partial charge in [-0.1, -0.05) is 6.07 Å². The minimum absolute atomic E-state index is 0.0733. The van der Waals surface area contributed by atoms with E-state index < -0.39 is 6.10 Å². The minimum Gasteiger partial charge on any atom is -0.506 e. The van der Waals surface area contributed by atoms with Gasteiger partial charge < -0.3 is 29.9 Å². The highest BCUT2D eigenvalue weighted by atomic mass is 16.5. The fraction of sp³-hybridized carbons (Fsp3) is 0.455. The van der Waals surface area contributed by atoms with E-state index in [-0.39, 0.29) is 12.4 Å². The number of fused-ring (bicyclic) bond motifs is 1. The van der Waals surface area contributed by atoms with Crippen molar-refractivity contribution in [3.8, 4) is 5.75 Å². The van der Waals surface area contributed by atoms with Gasteiger partial charge in [0.2, 0.25) is 5.95 Å². The number of imidazole rings is 1. The molecule has 166 valence electrons. The highest BCUT2D eigenvalue weighted by Gasteiger charge is 2.18. The zero-order chi connectivity index (χ0) is 21.8. The van der Waals surface area contributed by atoms with Crippen molar-refractivity contribution in [1.29, 1.82) is 0 Å². The first kappa shape index (κ1) is 21.5. The molecule has 0 amide bonds. The summed E-state index contributed by atoms with van der Waals surface area (Å²) < 4.78 is 7.27. The van der Waals surface area contributed by atoms with Gasteiger partial charge in [0.05, 0.1) is 43.5 Å². The first-order chi connectivity index (χ1) is 15.0. The Morgan fingerprint density at radius 2 is 1.97 bits per heavy atom. The van der Waals surface area contributed by atoms with Crippen molar-refractivity contribution < 1.29 is 20.1 Å². The maximum absolute atomic E-state index is 10.5. The second-order valence-electron chi connectivity index (χ2n) is 7.87. The predicted molar refractivity (Wildman–Crippen MR) is 117 cm³/mol. The molecule has 0 unspecified atom stereocenters. The van der Waals surface area contributed by atoms with Crippen molar-refractivity contribution in [2.75, 3.05) is 44.7 Å². The topological polar surface area (TPSA) is 116 Å². The van der Waals surface area contributed by atoms with E-state index in [0.717, 1.165) is 35.4 Å². The second-order valence-corrected chi connectivity index (χ2v) is 7.87. The number of anilines is 1. The van der Waals surface area contributed by atoms with Crippen LogP contribution in [0.4, 0.5) is 5.95 Å². The number of β-amino-alcohol motifs (C(OH)–C–C–N with tert-alkyl or cyclic N) is 1. The van der Waals surface area contributed by atoms with Gasteiger partial charge in [-0.25, -0.2) is 4.98 Å². The van der Waals surface area contributed by atoms with Gasteiger partial charge in [0.15, 0.2) is 0 Å². The number of aliphatic hydroxyl groups excluding tert-OH is 2. The summed E-state index contributed by atoms with van der Waals surface area (Å²) in [6.45, 7) is 6.02. The molecule has 0 saturated carbocycles.